The highest BCUT2D eigenvalue weighted by atomic mass is 35.5. The molecule has 0 spiro atoms. The smallest absolute Gasteiger partial charge is 0.144 e. The Morgan fingerprint density at radius 2 is 2.03 bits per heavy atom. The van der Waals surface area contributed by atoms with Gasteiger partial charge in [-0.05, 0) is 54.5 Å². The summed E-state index contributed by atoms with van der Waals surface area (Å²) >= 11 is 13.3. The summed E-state index contributed by atoms with van der Waals surface area (Å²) in [6.07, 6.45) is 3.21. The van der Waals surface area contributed by atoms with Crippen molar-refractivity contribution in [1.82, 2.24) is 10.4 Å². The van der Waals surface area contributed by atoms with E-state index < -0.39 is 6.23 Å². The predicted molar refractivity (Wildman–Crippen MR) is 126 cm³/mol. The Bertz CT molecular complexity index is 960. The van der Waals surface area contributed by atoms with E-state index in [2.05, 4.69) is 48.2 Å². The van der Waals surface area contributed by atoms with Crippen LogP contribution in [0.2, 0.25) is 5.02 Å². The molecule has 3 aliphatic heterocycles. The summed E-state index contributed by atoms with van der Waals surface area (Å²) in [6.45, 7) is 8.10. The molecule has 2 fully saturated rings. The van der Waals surface area contributed by atoms with Gasteiger partial charge in [-0.2, -0.15) is 0 Å². The third-order valence-electron chi connectivity index (χ3n) is 7.47. The van der Waals surface area contributed by atoms with Gasteiger partial charge in [0.2, 0.25) is 0 Å². The number of aryl methyl sites for hydroxylation is 1. The van der Waals surface area contributed by atoms with Gasteiger partial charge in [0.15, 0.2) is 0 Å². The zero-order chi connectivity index (χ0) is 22.0. The number of aliphatic hydroxyl groups excluding tert-OH is 1. The number of methoxy groups -OCH3 is 1. The Hall–Kier alpha value is -1.08. The molecule has 0 saturated carbocycles. The van der Waals surface area contributed by atoms with E-state index in [0.717, 1.165) is 46.8 Å². The third-order valence-corrected chi connectivity index (χ3v) is 8.08. The second-order valence-corrected chi connectivity index (χ2v) is 10.4. The molecule has 5 atom stereocenters. The zero-order valence-electron chi connectivity index (χ0n) is 18.5. The number of benzene rings is 1. The van der Waals surface area contributed by atoms with E-state index in [-0.39, 0.29) is 18.0 Å². The second kappa shape index (κ2) is 8.05. The quantitative estimate of drug-likeness (QED) is 0.696. The first-order valence-electron chi connectivity index (χ1n) is 11.2. The summed E-state index contributed by atoms with van der Waals surface area (Å²) in [6, 6.07) is 4.38. The molecular formula is C24H31Cl2N3O2. The Labute approximate surface area is 194 Å². The van der Waals surface area contributed by atoms with Crippen molar-refractivity contribution in [3.8, 4) is 0 Å². The van der Waals surface area contributed by atoms with Crippen LogP contribution in [0.4, 0.5) is 5.69 Å². The fourth-order valence-corrected chi connectivity index (χ4v) is 6.80. The highest BCUT2D eigenvalue weighted by molar-refractivity contribution is 6.34. The molecule has 1 aromatic carbocycles. The molecule has 0 amide bonds. The number of nitrogens with one attached hydrogen (secondary N) is 1. The summed E-state index contributed by atoms with van der Waals surface area (Å²) in [4.78, 5) is 2.24. The lowest BCUT2D eigenvalue weighted by molar-refractivity contribution is 0.0671. The van der Waals surface area contributed by atoms with Gasteiger partial charge in [0.1, 0.15) is 6.23 Å². The van der Waals surface area contributed by atoms with Crippen molar-refractivity contribution >= 4 is 34.5 Å². The van der Waals surface area contributed by atoms with E-state index in [0.29, 0.717) is 23.6 Å². The topological polar surface area (TPSA) is 48.0 Å². The largest absolute Gasteiger partial charge is 0.383 e. The highest BCUT2D eigenvalue weighted by Crippen LogP contribution is 2.55. The molecule has 5 rings (SSSR count). The summed E-state index contributed by atoms with van der Waals surface area (Å²) in [5, 5.41) is 15.5. The molecule has 3 heterocycles. The molecule has 4 aliphatic rings. The van der Waals surface area contributed by atoms with Gasteiger partial charge in [0.25, 0.3) is 0 Å². The van der Waals surface area contributed by atoms with Crippen LogP contribution in [0.1, 0.15) is 37.8 Å². The first-order valence-corrected chi connectivity index (χ1v) is 12.0. The summed E-state index contributed by atoms with van der Waals surface area (Å²) in [5.74, 6) is 0.689. The average molecular weight is 464 g/mol. The Kier molecular flexibility index (Phi) is 5.65. The maximum absolute atomic E-state index is 11.6. The summed E-state index contributed by atoms with van der Waals surface area (Å²) in [5.41, 5.74) is 9.37. The number of hydrazine groups is 1. The molecule has 0 bridgehead atoms. The van der Waals surface area contributed by atoms with E-state index in [4.69, 9.17) is 27.9 Å². The second-order valence-electron chi connectivity index (χ2n) is 9.54. The highest BCUT2D eigenvalue weighted by Gasteiger charge is 2.60. The lowest BCUT2D eigenvalue weighted by atomic mass is 9.75. The number of hydrogen-bond acceptors (Lipinski definition) is 5. The van der Waals surface area contributed by atoms with Gasteiger partial charge in [-0.15, -0.1) is 0 Å². The maximum Gasteiger partial charge on any atom is 0.144 e. The monoisotopic (exact) mass is 463 g/mol. The number of fused-ring (bicyclic) bond motifs is 7. The van der Waals surface area contributed by atoms with Crippen LogP contribution in [0.15, 0.2) is 28.8 Å². The van der Waals surface area contributed by atoms with Crippen LogP contribution >= 0.6 is 23.2 Å². The summed E-state index contributed by atoms with van der Waals surface area (Å²) in [7, 11) is 1.73. The van der Waals surface area contributed by atoms with Gasteiger partial charge in [0.05, 0.1) is 29.4 Å². The van der Waals surface area contributed by atoms with Crippen LogP contribution in [0, 0.1) is 18.8 Å². The normalized spacial score (nSPS) is 32.2. The minimum Gasteiger partial charge on any atom is -0.383 e. The summed E-state index contributed by atoms with van der Waals surface area (Å²) < 4.78 is 5.36. The Morgan fingerprint density at radius 1 is 1.26 bits per heavy atom. The molecule has 2 saturated heterocycles. The Morgan fingerprint density at radius 3 is 2.74 bits per heavy atom. The number of anilines is 1. The van der Waals surface area contributed by atoms with Crippen molar-refractivity contribution in [3.05, 3.63) is 45.0 Å². The molecule has 1 aliphatic carbocycles. The molecule has 0 radical (unpaired) electrons. The molecule has 2 N–H and O–H groups in total. The predicted octanol–water partition coefficient (Wildman–Crippen LogP) is 4.32. The minimum absolute atomic E-state index is 0.0475. The lowest BCUT2D eigenvalue weighted by Gasteiger charge is -2.44. The first-order chi connectivity index (χ1) is 14.8. The Balaban J connectivity index is 1.69. The average Bonchev–Trinajstić information content (AvgIpc) is 3.24. The third kappa shape index (κ3) is 3.20. The molecule has 168 valence electrons. The molecule has 0 aromatic heterocycles. The van der Waals surface area contributed by atoms with Crippen LogP contribution < -0.4 is 10.3 Å². The van der Waals surface area contributed by atoms with E-state index in [1.165, 1.54) is 5.57 Å². The van der Waals surface area contributed by atoms with E-state index >= 15 is 0 Å². The molecular weight excluding hydrogens is 433 g/mol. The number of rotatable bonds is 4. The SMILES string of the molecule is COCCN1NC2C(C1C(C)C)C1C3=C(C=C(Cl)CC3)c3c(Cl)ccc(C)c3N1C2O. The van der Waals surface area contributed by atoms with Gasteiger partial charge in [-0.1, -0.05) is 43.1 Å². The van der Waals surface area contributed by atoms with Gasteiger partial charge in [-0.25, -0.2) is 10.4 Å². The van der Waals surface area contributed by atoms with E-state index in [1.807, 2.05) is 6.07 Å². The fraction of sp³-hybridized carbons (Fsp3) is 0.583. The number of halogens is 2. The number of aliphatic hydroxyl groups is 1. The first kappa shape index (κ1) is 21.7. The number of allylic oxidation sites excluding steroid dienone is 3. The molecule has 1 aromatic rings. The van der Waals surface area contributed by atoms with Crippen molar-refractivity contribution in [3.63, 3.8) is 0 Å². The number of nitrogens with zero attached hydrogens (tertiary/aromatic N) is 2. The van der Waals surface area contributed by atoms with E-state index in [9.17, 15) is 5.11 Å². The maximum atomic E-state index is 11.6. The van der Waals surface area contributed by atoms with Crippen LogP contribution in [-0.4, -0.2) is 54.7 Å². The minimum atomic E-state index is -0.630. The zero-order valence-corrected chi connectivity index (χ0v) is 20.0. The van der Waals surface area contributed by atoms with Gasteiger partial charge in [0, 0.05) is 36.2 Å². The van der Waals surface area contributed by atoms with Crippen molar-refractivity contribution in [1.29, 1.82) is 0 Å². The van der Waals surface area contributed by atoms with Crippen LogP contribution in [0.25, 0.3) is 5.57 Å². The van der Waals surface area contributed by atoms with E-state index in [1.54, 1.807) is 7.11 Å². The van der Waals surface area contributed by atoms with Gasteiger partial charge in [-0.3, -0.25) is 0 Å². The van der Waals surface area contributed by atoms with Crippen molar-refractivity contribution in [2.24, 2.45) is 11.8 Å². The van der Waals surface area contributed by atoms with Crippen molar-refractivity contribution < 1.29 is 9.84 Å². The van der Waals surface area contributed by atoms with Crippen LogP contribution in [0.3, 0.4) is 0 Å². The van der Waals surface area contributed by atoms with Gasteiger partial charge >= 0.3 is 0 Å². The van der Waals surface area contributed by atoms with Crippen molar-refractivity contribution in [2.75, 3.05) is 25.2 Å². The molecule has 5 unspecified atom stereocenters. The van der Waals surface area contributed by atoms with Crippen LogP contribution in [0.5, 0.6) is 0 Å². The molecule has 31 heavy (non-hydrogen) atoms. The number of hydrogen-bond donors (Lipinski definition) is 2. The van der Waals surface area contributed by atoms with Crippen molar-refractivity contribution in [2.45, 2.75) is 58.0 Å². The van der Waals surface area contributed by atoms with Crippen LogP contribution in [-0.2, 0) is 4.74 Å². The fourth-order valence-electron chi connectivity index (χ4n) is 6.34. The lowest BCUT2D eigenvalue weighted by Crippen LogP contribution is -2.53. The molecule has 5 nitrogen and oxygen atoms in total. The molecule has 7 heteroatoms. The van der Waals surface area contributed by atoms with Gasteiger partial charge < -0.3 is 14.7 Å². The number of ether oxygens (including phenoxy) is 1. The standard InChI is InChI=1S/C24H31Cl2N3O2/c1-12(2)21-19-20(27-28(21)9-10-31-4)24(30)29-22-13(3)5-8-17(26)18(22)16-11-14(25)6-7-15(16)23(19)29/h5,8,11-12,19-21,23-24,27,30H,6-7,9-10H2,1-4H3.